The van der Waals surface area contributed by atoms with E-state index in [4.69, 9.17) is 16.3 Å². The minimum Gasteiger partial charge on any atom is -0.436 e. The quantitative estimate of drug-likeness (QED) is 0.804. The van der Waals surface area contributed by atoms with Crippen LogP contribution in [-0.4, -0.2) is 16.2 Å². The van der Waals surface area contributed by atoms with E-state index < -0.39 is 5.82 Å². The van der Waals surface area contributed by atoms with Gasteiger partial charge in [0.05, 0.1) is 15.2 Å². The molecule has 1 fully saturated rings. The Bertz CT molecular complexity index is 649. The van der Waals surface area contributed by atoms with Crippen LogP contribution in [0.25, 0.3) is 0 Å². The highest BCUT2D eigenvalue weighted by Gasteiger charge is 2.20. The first-order chi connectivity index (χ1) is 10.1. The SMILES string of the molecule is Fc1cc(Oc2ccc(CNC3CC3)nn2)c(Br)cc1Cl. The molecule has 1 saturated carbocycles. The molecule has 0 bridgehead atoms. The van der Waals surface area contributed by atoms with Crippen molar-refractivity contribution in [3.8, 4) is 11.6 Å². The maximum absolute atomic E-state index is 13.4. The van der Waals surface area contributed by atoms with Gasteiger partial charge in [-0.05, 0) is 40.9 Å². The predicted octanol–water partition coefficient (Wildman–Crippen LogP) is 4.08. The van der Waals surface area contributed by atoms with E-state index in [0.29, 0.717) is 28.7 Å². The van der Waals surface area contributed by atoms with Crippen molar-refractivity contribution in [1.82, 2.24) is 15.5 Å². The highest BCUT2D eigenvalue weighted by Crippen LogP contribution is 2.33. The number of ether oxygens (including phenoxy) is 1. The van der Waals surface area contributed by atoms with Gasteiger partial charge in [0.25, 0.3) is 0 Å². The molecule has 110 valence electrons. The van der Waals surface area contributed by atoms with E-state index >= 15 is 0 Å². The van der Waals surface area contributed by atoms with Crippen molar-refractivity contribution in [2.24, 2.45) is 0 Å². The highest BCUT2D eigenvalue weighted by molar-refractivity contribution is 9.10. The lowest BCUT2D eigenvalue weighted by Crippen LogP contribution is -2.16. The monoisotopic (exact) mass is 371 g/mol. The number of benzene rings is 1. The van der Waals surface area contributed by atoms with E-state index in [1.54, 1.807) is 6.07 Å². The number of rotatable bonds is 5. The summed E-state index contributed by atoms with van der Waals surface area (Å²) in [5, 5.41) is 11.4. The number of aromatic nitrogens is 2. The third-order valence-corrected chi connectivity index (χ3v) is 3.94. The number of nitrogens with zero attached hydrogens (tertiary/aromatic N) is 2. The van der Waals surface area contributed by atoms with Gasteiger partial charge in [0, 0.05) is 24.7 Å². The van der Waals surface area contributed by atoms with Crippen LogP contribution in [0.5, 0.6) is 11.6 Å². The molecular formula is C14H12BrClFN3O. The Kier molecular flexibility index (Phi) is 4.37. The van der Waals surface area contributed by atoms with Crippen LogP contribution in [0.4, 0.5) is 4.39 Å². The Hall–Kier alpha value is -1.24. The fraction of sp³-hybridized carbons (Fsp3) is 0.286. The van der Waals surface area contributed by atoms with E-state index in [9.17, 15) is 4.39 Å². The van der Waals surface area contributed by atoms with Crippen molar-refractivity contribution >= 4 is 27.5 Å². The van der Waals surface area contributed by atoms with Gasteiger partial charge in [-0.25, -0.2) is 4.39 Å². The molecule has 4 nitrogen and oxygen atoms in total. The van der Waals surface area contributed by atoms with Gasteiger partial charge in [0.2, 0.25) is 5.88 Å². The predicted molar refractivity (Wildman–Crippen MR) is 81.1 cm³/mol. The summed E-state index contributed by atoms with van der Waals surface area (Å²) in [5.41, 5.74) is 0.843. The summed E-state index contributed by atoms with van der Waals surface area (Å²) in [7, 11) is 0. The Morgan fingerprint density at radius 2 is 2.14 bits per heavy atom. The van der Waals surface area contributed by atoms with E-state index in [0.717, 1.165) is 5.69 Å². The van der Waals surface area contributed by atoms with Crippen LogP contribution in [0.3, 0.4) is 0 Å². The average molecular weight is 373 g/mol. The number of nitrogens with one attached hydrogen (secondary N) is 1. The molecule has 0 saturated heterocycles. The number of halogens is 3. The molecule has 1 heterocycles. The van der Waals surface area contributed by atoms with Crippen molar-refractivity contribution in [1.29, 1.82) is 0 Å². The second-order valence-corrected chi connectivity index (χ2v) is 6.08. The summed E-state index contributed by atoms with van der Waals surface area (Å²) in [6.07, 6.45) is 2.45. The van der Waals surface area contributed by atoms with Gasteiger partial charge >= 0.3 is 0 Å². The van der Waals surface area contributed by atoms with Crippen molar-refractivity contribution in [2.45, 2.75) is 25.4 Å². The van der Waals surface area contributed by atoms with Gasteiger partial charge in [-0.15, -0.1) is 5.10 Å². The lowest BCUT2D eigenvalue weighted by molar-refractivity contribution is 0.446. The molecular weight excluding hydrogens is 361 g/mol. The molecule has 7 heteroatoms. The Labute approximate surface area is 134 Å². The normalized spacial score (nSPS) is 14.2. The second kappa shape index (κ2) is 6.25. The third-order valence-electron chi connectivity index (χ3n) is 3.03. The van der Waals surface area contributed by atoms with E-state index in [1.807, 2.05) is 6.07 Å². The van der Waals surface area contributed by atoms with Gasteiger partial charge in [0.15, 0.2) is 0 Å². The van der Waals surface area contributed by atoms with E-state index in [-0.39, 0.29) is 5.02 Å². The van der Waals surface area contributed by atoms with Gasteiger partial charge in [-0.3, -0.25) is 0 Å². The molecule has 2 aromatic rings. The van der Waals surface area contributed by atoms with Crippen molar-refractivity contribution in [2.75, 3.05) is 0 Å². The Morgan fingerprint density at radius 3 is 2.81 bits per heavy atom. The largest absolute Gasteiger partial charge is 0.436 e. The first-order valence-electron chi connectivity index (χ1n) is 6.50. The van der Waals surface area contributed by atoms with Crippen LogP contribution in [0.15, 0.2) is 28.7 Å². The molecule has 1 aliphatic rings. The van der Waals surface area contributed by atoms with Gasteiger partial charge < -0.3 is 10.1 Å². The molecule has 0 aliphatic heterocycles. The minimum atomic E-state index is -0.548. The summed E-state index contributed by atoms with van der Waals surface area (Å²) in [5.74, 6) is 0.0516. The molecule has 1 aromatic carbocycles. The van der Waals surface area contributed by atoms with E-state index in [1.165, 1.54) is 25.0 Å². The maximum Gasteiger partial charge on any atom is 0.238 e. The molecule has 0 spiro atoms. The average Bonchev–Trinajstić information content (AvgIpc) is 3.28. The van der Waals surface area contributed by atoms with Gasteiger partial charge in [-0.1, -0.05) is 11.6 Å². The van der Waals surface area contributed by atoms with Crippen LogP contribution >= 0.6 is 27.5 Å². The van der Waals surface area contributed by atoms with Crippen molar-refractivity contribution < 1.29 is 9.13 Å². The van der Waals surface area contributed by atoms with Crippen LogP contribution in [0, 0.1) is 5.82 Å². The first-order valence-corrected chi connectivity index (χ1v) is 7.67. The number of hydrogen-bond donors (Lipinski definition) is 1. The molecule has 0 atom stereocenters. The minimum absolute atomic E-state index is 0.0295. The molecule has 3 rings (SSSR count). The van der Waals surface area contributed by atoms with Gasteiger partial charge in [-0.2, -0.15) is 5.10 Å². The fourth-order valence-corrected chi connectivity index (χ4v) is 2.45. The third kappa shape index (κ3) is 3.90. The summed E-state index contributed by atoms with van der Waals surface area (Å²) >= 11 is 8.95. The van der Waals surface area contributed by atoms with Crippen LogP contribution in [0.1, 0.15) is 18.5 Å². The van der Waals surface area contributed by atoms with E-state index in [2.05, 4.69) is 31.4 Å². The standard InChI is InChI=1S/C14H12BrClFN3O/c15-10-5-11(16)12(17)6-13(10)21-14-4-3-9(19-20-14)7-18-8-1-2-8/h3-6,8,18H,1-2,7H2. The smallest absolute Gasteiger partial charge is 0.238 e. The molecule has 0 unspecified atom stereocenters. The zero-order valence-corrected chi connectivity index (χ0v) is 13.3. The zero-order valence-electron chi connectivity index (χ0n) is 10.9. The Balaban J connectivity index is 1.68. The van der Waals surface area contributed by atoms with Crippen LogP contribution < -0.4 is 10.1 Å². The summed E-state index contributed by atoms with van der Waals surface area (Å²) < 4.78 is 19.5. The lowest BCUT2D eigenvalue weighted by atomic mass is 10.3. The maximum atomic E-state index is 13.4. The molecule has 0 amide bonds. The summed E-state index contributed by atoms with van der Waals surface area (Å²) in [6, 6.07) is 6.80. The second-order valence-electron chi connectivity index (χ2n) is 4.82. The molecule has 1 aliphatic carbocycles. The number of hydrogen-bond acceptors (Lipinski definition) is 4. The van der Waals surface area contributed by atoms with Crippen LogP contribution in [0.2, 0.25) is 5.02 Å². The zero-order chi connectivity index (χ0) is 14.8. The molecule has 1 aromatic heterocycles. The highest BCUT2D eigenvalue weighted by atomic mass is 79.9. The van der Waals surface area contributed by atoms with Crippen LogP contribution in [-0.2, 0) is 6.54 Å². The Morgan fingerprint density at radius 1 is 1.33 bits per heavy atom. The molecule has 21 heavy (non-hydrogen) atoms. The molecule has 1 N–H and O–H groups in total. The summed E-state index contributed by atoms with van der Waals surface area (Å²) in [6.45, 7) is 0.692. The molecule has 0 radical (unpaired) electrons. The summed E-state index contributed by atoms with van der Waals surface area (Å²) in [4.78, 5) is 0. The van der Waals surface area contributed by atoms with Crippen molar-refractivity contribution in [3.05, 3.63) is 45.3 Å². The fourth-order valence-electron chi connectivity index (χ4n) is 1.73. The van der Waals surface area contributed by atoms with Gasteiger partial charge in [0.1, 0.15) is 11.6 Å². The lowest BCUT2D eigenvalue weighted by Gasteiger charge is -2.08. The topological polar surface area (TPSA) is 47.0 Å². The van der Waals surface area contributed by atoms with Crippen molar-refractivity contribution in [3.63, 3.8) is 0 Å². The first kappa shape index (κ1) is 14.7.